The van der Waals surface area contributed by atoms with Crippen molar-refractivity contribution < 1.29 is 4.79 Å². The second kappa shape index (κ2) is 4.33. The average Bonchev–Trinajstić information content (AvgIpc) is 2.76. The first-order valence-corrected chi connectivity index (χ1v) is 6.29. The van der Waals surface area contributed by atoms with Crippen molar-refractivity contribution >= 4 is 16.8 Å². The van der Waals surface area contributed by atoms with Gasteiger partial charge in [-0.2, -0.15) is 0 Å². The molecule has 3 nitrogen and oxygen atoms in total. The summed E-state index contributed by atoms with van der Waals surface area (Å²) in [7, 11) is 0. The Kier molecular flexibility index (Phi) is 2.67. The maximum absolute atomic E-state index is 11.9. The molecule has 2 aromatic rings. The first-order chi connectivity index (χ1) is 8.79. The zero-order chi connectivity index (χ0) is 12.5. The van der Waals surface area contributed by atoms with E-state index in [1.807, 2.05) is 24.0 Å². The van der Waals surface area contributed by atoms with E-state index in [4.69, 9.17) is 0 Å². The number of nitrogens with zero attached hydrogens (tertiary/aromatic N) is 1. The normalized spacial score (nSPS) is 15.3. The zero-order valence-corrected chi connectivity index (χ0v) is 10.4. The number of allylic oxidation sites excluding steroid dienone is 1. The summed E-state index contributed by atoms with van der Waals surface area (Å²) < 4.78 is 0. The molecule has 1 N–H and O–H groups in total. The van der Waals surface area contributed by atoms with E-state index in [0.717, 1.165) is 13.0 Å². The van der Waals surface area contributed by atoms with Crippen LogP contribution in [0.1, 0.15) is 18.2 Å². The molecule has 1 aliphatic rings. The van der Waals surface area contributed by atoms with Crippen LogP contribution < -0.4 is 0 Å². The van der Waals surface area contributed by atoms with Gasteiger partial charge in [0.1, 0.15) is 0 Å². The molecule has 0 radical (unpaired) electrons. The van der Waals surface area contributed by atoms with Crippen LogP contribution in [0, 0.1) is 0 Å². The summed E-state index contributed by atoms with van der Waals surface area (Å²) >= 11 is 0. The quantitative estimate of drug-likeness (QED) is 0.764. The standard InChI is InChI=1S/C15H16N2O/c1-2-5-15(18)17-9-8-14-12(10-17)11-6-3-4-7-13(11)16-14/h2-7,16H,8-10H2,1H3. The molecule has 92 valence electrons. The number of H-pyrrole nitrogens is 1. The Balaban J connectivity index is 1.98. The van der Waals surface area contributed by atoms with Gasteiger partial charge in [0, 0.05) is 41.7 Å². The highest BCUT2D eigenvalue weighted by molar-refractivity contribution is 5.89. The molecular weight excluding hydrogens is 224 g/mol. The Morgan fingerprint density at radius 3 is 3.06 bits per heavy atom. The summed E-state index contributed by atoms with van der Waals surface area (Å²) in [5.41, 5.74) is 3.72. The SMILES string of the molecule is CC=CC(=O)N1CCc2[nH]c3ccccc3c2C1. The molecule has 0 aliphatic carbocycles. The van der Waals surface area contributed by atoms with Gasteiger partial charge in [0.15, 0.2) is 0 Å². The summed E-state index contributed by atoms with van der Waals surface area (Å²) in [5, 5.41) is 1.24. The molecule has 0 spiro atoms. The second-order valence-electron chi connectivity index (χ2n) is 4.64. The third-order valence-corrected chi connectivity index (χ3v) is 3.50. The van der Waals surface area contributed by atoms with Gasteiger partial charge in [0.05, 0.1) is 0 Å². The van der Waals surface area contributed by atoms with Crippen molar-refractivity contribution in [1.82, 2.24) is 9.88 Å². The Morgan fingerprint density at radius 1 is 1.39 bits per heavy atom. The smallest absolute Gasteiger partial charge is 0.246 e. The van der Waals surface area contributed by atoms with Gasteiger partial charge in [-0.3, -0.25) is 4.79 Å². The van der Waals surface area contributed by atoms with Gasteiger partial charge >= 0.3 is 0 Å². The number of benzene rings is 1. The summed E-state index contributed by atoms with van der Waals surface area (Å²) in [6, 6.07) is 8.29. The molecule has 18 heavy (non-hydrogen) atoms. The molecule has 3 heteroatoms. The predicted octanol–water partition coefficient (Wildman–Crippen LogP) is 2.63. The number of fused-ring (bicyclic) bond motifs is 3. The van der Waals surface area contributed by atoms with E-state index in [1.54, 1.807) is 12.2 Å². The minimum Gasteiger partial charge on any atom is -0.358 e. The van der Waals surface area contributed by atoms with Crippen molar-refractivity contribution in [2.45, 2.75) is 19.9 Å². The van der Waals surface area contributed by atoms with E-state index < -0.39 is 0 Å². The van der Waals surface area contributed by atoms with Crippen molar-refractivity contribution in [3.63, 3.8) is 0 Å². The Hall–Kier alpha value is -2.03. The lowest BCUT2D eigenvalue weighted by atomic mass is 10.0. The fourth-order valence-electron chi connectivity index (χ4n) is 2.60. The third kappa shape index (κ3) is 1.72. The van der Waals surface area contributed by atoms with Crippen LogP contribution in [0.15, 0.2) is 36.4 Å². The highest BCUT2D eigenvalue weighted by Crippen LogP contribution is 2.27. The minimum atomic E-state index is 0.105. The maximum atomic E-state index is 11.9. The van der Waals surface area contributed by atoms with Gasteiger partial charge in [-0.25, -0.2) is 0 Å². The monoisotopic (exact) mass is 240 g/mol. The highest BCUT2D eigenvalue weighted by atomic mass is 16.2. The van der Waals surface area contributed by atoms with Crippen LogP contribution in [0.3, 0.4) is 0 Å². The molecule has 2 heterocycles. The van der Waals surface area contributed by atoms with E-state index in [2.05, 4.69) is 17.1 Å². The fraction of sp³-hybridized carbons (Fsp3) is 0.267. The van der Waals surface area contributed by atoms with Crippen LogP contribution >= 0.6 is 0 Å². The number of nitrogens with one attached hydrogen (secondary N) is 1. The minimum absolute atomic E-state index is 0.105. The molecule has 3 rings (SSSR count). The van der Waals surface area contributed by atoms with Gasteiger partial charge < -0.3 is 9.88 Å². The predicted molar refractivity (Wildman–Crippen MR) is 72.2 cm³/mol. The molecule has 1 aliphatic heterocycles. The molecule has 0 fully saturated rings. The molecule has 1 aromatic heterocycles. The number of carbonyl (C=O) groups excluding carboxylic acids is 1. The van der Waals surface area contributed by atoms with Gasteiger partial charge in [-0.1, -0.05) is 24.3 Å². The van der Waals surface area contributed by atoms with Gasteiger partial charge in [-0.15, -0.1) is 0 Å². The number of rotatable bonds is 1. The number of hydrogen-bond donors (Lipinski definition) is 1. The van der Waals surface area contributed by atoms with E-state index in [-0.39, 0.29) is 5.91 Å². The summed E-state index contributed by atoms with van der Waals surface area (Å²) in [6.07, 6.45) is 4.35. The van der Waals surface area contributed by atoms with Crippen LogP contribution in [0.25, 0.3) is 10.9 Å². The fourth-order valence-corrected chi connectivity index (χ4v) is 2.60. The Morgan fingerprint density at radius 2 is 2.22 bits per heavy atom. The van der Waals surface area contributed by atoms with Gasteiger partial charge in [0.2, 0.25) is 5.91 Å². The van der Waals surface area contributed by atoms with Crippen LogP contribution in [0.5, 0.6) is 0 Å². The third-order valence-electron chi connectivity index (χ3n) is 3.50. The Bertz CT molecular complexity index is 624. The summed E-state index contributed by atoms with van der Waals surface area (Å²) in [5.74, 6) is 0.105. The van der Waals surface area contributed by atoms with E-state index >= 15 is 0 Å². The van der Waals surface area contributed by atoms with Gasteiger partial charge in [-0.05, 0) is 19.1 Å². The molecule has 0 atom stereocenters. The van der Waals surface area contributed by atoms with Crippen LogP contribution in [-0.2, 0) is 17.8 Å². The molecule has 1 amide bonds. The molecule has 1 aromatic carbocycles. The largest absolute Gasteiger partial charge is 0.358 e. The number of para-hydroxylation sites is 1. The van der Waals surface area contributed by atoms with Crippen molar-refractivity contribution in [3.8, 4) is 0 Å². The second-order valence-corrected chi connectivity index (χ2v) is 4.64. The van der Waals surface area contributed by atoms with E-state index in [1.165, 1.54) is 22.2 Å². The molecule has 0 bridgehead atoms. The molecule has 0 unspecified atom stereocenters. The number of amides is 1. The molecule has 0 saturated heterocycles. The summed E-state index contributed by atoms with van der Waals surface area (Å²) in [4.78, 5) is 17.3. The lowest BCUT2D eigenvalue weighted by molar-refractivity contribution is -0.126. The number of aromatic amines is 1. The highest BCUT2D eigenvalue weighted by Gasteiger charge is 2.22. The first kappa shape index (κ1) is 11.1. The number of hydrogen-bond acceptors (Lipinski definition) is 1. The van der Waals surface area contributed by atoms with Crippen molar-refractivity contribution in [3.05, 3.63) is 47.7 Å². The lowest BCUT2D eigenvalue weighted by Crippen LogP contribution is -2.34. The Labute approximate surface area is 106 Å². The van der Waals surface area contributed by atoms with Crippen LogP contribution in [-0.4, -0.2) is 22.3 Å². The number of carbonyl (C=O) groups is 1. The summed E-state index contributed by atoms with van der Waals surface area (Å²) in [6.45, 7) is 3.38. The van der Waals surface area contributed by atoms with Crippen molar-refractivity contribution in [2.75, 3.05) is 6.54 Å². The average molecular weight is 240 g/mol. The van der Waals surface area contributed by atoms with E-state index in [0.29, 0.717) is 6.54 Å². The molecular formula is C15H16N2O. The lowest BCUT2D eigenvalue weighted by Gasteiger charge is -2.26. The van der Waals surface area contributed by atoms with Crippen LogP contribution in [0.2, 0.25) is 0 Å². The zero-order valence-electron chi connectivity index (χ0n) is 10.4. The van der Waals surface area contributed by atoms with E-state index in [9.17, 15) is 4.79 Å². The maximum Gasteiger partial charge on any atom is 0.246 e. The molecule has 0 saturated carbocycles. The van der Waals surface area contributed by atoms with Gasteiger partial charge in [0.25, 0.3) is 0 Å². The van der Waals surface area contributed by atoms with Crippen molar-refractivity contribution in [1.29, 1.82) is 0 Å². The van der Waals surface area contributed by atoms with Crippen LogP contribution in [0.4, 0.5) is 0 Å². The topological polar surface area (TPSA) is 36.1 Å². The van der Waals surface area contributed by atoms with Crippen molar-refractivity contribution in [2.24, 2.45) is 0 Å². The first-order valence-electron chi connectivity index (χ1n) is 6.29. The number of aromatic nitrogens is 1.